The number of hydrogen-bond donors (Lipinski definition) is 0. The van der Waals surface area contributed by atoms with Crippen LogP contribution in [0.4, 0.5) is 5.69 Å². The quantitative estimate of drug-likeness (QED) is 0.615. The van der Waals surface area contributed by atoms with Gasteiger partial charge in [0.2, 0.25) is 6.10 Å². The van der Waals surface area contributed by atoms with E-state index >= 15 is 0 Å². The number of fused-ring (bicyclic) bond motifs is 1. The Labute approximate surface area is 116 Å². The maximum absolute atomic E-state index is 12.2. The molecule has 0 bridgehead atoms. The van der Waals surface area contributed by atoms with Gasteiger partial charge in [0.1, 0.15) is 6.61 Å². The van der Waals surface area contributed by atoms with E-state index in [1.165, 1.54) is 24.8 Å². The van der Waals surface area contributed by atoms with Crippen LogP contribution >= 0.6 is 0 Å². The summed E-state index contributed by atoms with van der Waals surface area (Å²) in [5, 5.41) is 0. The zero-order chi connectivity index (χ0) is 14.1. The van der Waals surface area contributed by atoms with Gasteiger partial charge in [-0.15, -0.1) is 29.3 Å². The van der Waals surface area contributed by atoms with Crippen LogP contribution in [-0.4, -0.2) is 30.5 Å². The first-order valence-corrected chi connectivity index (χ1v) is 6.25. The SMILES string of the molecule is COCC1[OH+][CH-]N(c2cc3cc(=O)ccc-3c[cH-]2)C1=O. The average Bonchev–Trinajstić information content (AvgIpc) is 2.80. The van der Waals surface area contributed by atoms with Gasteiger partial charge < -0.3 is 14.4 Å². The molecule has 1 heterocycles. The standard InChI is InChI=1S/C15H14NO4/c1-19-8-14-15(18)16(9-20-14)12-4-2-10-3-5-13(17)7-11(10)6-12/h2-7,9,14,20H,8H2,1H3/q-1. The molecule has 104 valence electrons. The minimum atomic E-state index is -0.485. The van der Waals surface area contributed by atoms with Crippen LogP contribution in [0.3, 0.4) is 0 Å². The van der Waals surface area contributed by atoms with Crippen LogP contribution in [0, 0.1) is 6.73 Å². The van der Waals surface area contributed by atoms with Crippen molar-refractivity contribution in [1.29, 1.82) is 0 Å². The van der Waals surface area contributed by atoms with Gasteiger partial charge in [-0.25, -0.2) is 0 Å². The van der Waals surface area contributed by atoms with Crippen molar-refractivity contribution in [3.8, 4) is 11.1 Å². The molecular formula is C15H14NO4-. The molecule has 5 heteroatoms. The number of amides is 1. The van der Waals surface area contributed by atoms with Crippen molar-refractivity contribution in [2.24, 2.45) is 0 Å². The molecule has 3 aliphatic rings. The topological polar surface area (TPSA) is 59.4 Å². The van der Waals surface area contributed by atoms with Crippen LogP contribution in [0.15, 0.2) is 41.2 Å². The minimum absolute atomic E-state index is 0.0478. The molecule has 3 rings (SSSR count). The van der Waals surface area contributed by atoms with E-state index in [9.17, 15) is 9.59 Å². The van der Waals surface area contributed by atoms with Gasteiger partial charge in [-0.1, -0.05) is 5.69 Å². The van der Waals surface area contributed by atoms with Crippen molar-refractivity contribution < 1.29 is 14.3 Å². The number of carbonyl (C=O) groups excluding carboxylic acids is 1. The van der Waals surface area contributed by atoms with Crippen LogP contribution in [0.5, 0.6) is 0 Å². The molecule has 0 spiro atoms. The van der Waals surface area contributed by atoms with Crippen LogP contribution < -0.4 is 10.3 Å². The lowest BCUT2D eigenvalue weighted by molar-refractivity contribution is -0.133. The lowest BCUT2D eigenvalue weighted by Gasteiger charge is -2.26. The highest BCUT2D eigenvalue weighted by atomic mass is 16.6. The highest BCUT2D eigenvalue weighted by Crippen LogP contribution is 2.29. The van der Waals surface area contributed by atoms with Crippen molar-refractivity contribution in [3.63, 3.8) is 0 Å². The molecule has 1 fully saturated rings. The van der Waals surface area contributed by atoms with Crippen LogP contribution in [0.1, 0.15) is 0 Å². The monoisotopic (exact) mass is 272 g/mol. The van der Waals surface area contributed by atoms with Crippen molar-refractivity contribution in [1.82, 2.24) is 0 Å². The summed E-state index contributed by atoms with van der Waals surface area (Å²) in [7, 11) is 1.54. The fourth-order valence-electron chi connectivity index (χ4n) is 2.26. The minimum Gasteiger partial charge on any atom is -0.553 e. The Morgan fingerprint density at radius 3 is 2.95 bits per heavy atom. The smallest absolute Gasteiger partial charge is 0.281 e. The third-order valence-electron chi connectivity index (χ3n) is 3.28. The first-order valence-electron chi connectivity index (χ1n) is 6.25. The van der Waals surface area contributed by atoms with Crippen LogP contribution in [-0.2, 0) is 9.53 Å². The molecule has 2 aliphatic carbocycles. The van der Waals surface area contributed by atoms with Crippen molar-refractivity contribution in [2.75, 3.05) is 18.6 Å². The summed E-state index contributed by atoms with van der Waals surface area (Å²) >= 11 is 0. The number of methoxy groups -OCH3 is 1. The first kappa shape index (κ1) is 12.9. The second-order valence-electron chi connectivity index (χ2n) is 4.64. The van der Waals surface area contributed by atoms with Gasteiger partial charge in [0, 0.05) is 13.8 Å². The third-order valence-corrected chi connectivity index (χ3v) is 3.28. The fraction of sp³-hybridized carbons (Fsp3) is 0.200. The molecule has 0 aromatic heterocycles. The predicted octanol–water partition coefficient (Wildman–Crippen LogP) is 0.879. The van der Waals surface area contributed by atoms with Gasteiger partial charge >= 0.3 is 0 Å². The van der Waals surface area contributed by atoms with E-state index in [2.05, 4.69) is 4.74 Å². The highest BCUT2D eigenvalue weighted by molar-refractivity contribution is 5.99. The van der Waals surface area contributed by atoms with E-state index < -0.39 is 6.10 Å². The fourth-order valence-corrected chi connectivity index (χ4v) is 2.26. The Hall–Kier alpha value is -2.11. The van der Waals surface area contributed by atoms with Gasteiger partial charge in [0.25, 0.3) is 5.91 Å². The molecule has 5 nitrogen and oxygen atoms in total. The van der Waals surface area contributed by atoms with Crippen molar-refractivity contribution in [2.45, 2.75) is 6.10 Å². The van der Waals surface area contributed by atoms with E-state index in [4.69, 9.17) is 4.74 Å². The summed E-state index contributed by atoms with van der Waals surface area (Å²) in [5.41, 5.74) is 2.43. The van der Waals surface area contributed by atoms with Gasteiger partial charge in [0.05, 0.1) is 0 Å². The molecule has 0 radical (unpaired) electrons. The van der Waals surface area contributed by atoms with Crippen molar-refractivity contribution in [3.05, 3.63) is 53.4 Å². The summed E-state index contributed by atoms with van der Waals surface area (Å²) in [6.07, 6.45) is -0.485. The Kier molecular flexibility index (Phi) is 3.30. The summed E-state index contributed by atoms with van der Waals surface area (Å²) < 4.78 is 9.09. The molecule has 1 amide bonds. The second kappa shape index (κ2) is 5.11. The van der Waals surface area contributed by atoms with E-state index in [1.54, 1.807) is 12.1 Å². The predicted molar refractivity (Wildman–Crippen MR) is 74.6 cm³/mol. The molecule has 1 aliphatic heterocycles. The number of rotatable bonds is 3. The number of carbonyl (C=O) groups is 1. The number of nitrogens with zero attached hydrogens (tertiary/aromatic N) is 1. The Morgan fingerprint density at radius 1 is 1.30 bits per heavy atom. The third kappa shape index (κ3) is 2.21. The largest absolute Gasteiger partial charge is 0.553 e. The number of anilines is 1. The van der Waals surface area contributed by atoms with Gasteiger partial charge in [-0.3, -0.25) is 9.59 Å². The number of ether oxygens (including phenoxy) is 2. The zero-order valence-corrected chi connectivity index (χ0v) is 10.9. The molecule has 20 heavy (non-hydrogen) atoms. The molecule has 0 saturated carbocycles. The molecule has 1 unspecified atom stereocenters. The lowest BCUT2D eigenvalue weighted by atomic mass is 10.0. The maximum Gasteiger partial charge on any atom is 0.281 e. The number of benzene rings is 2. The average molecular weight is 272 g/mol. The second-order valence-corrected chi connectivity index (χ2v) is 4.64. The van der Waals surface area contributed by atoms with Gasteiger partial charge in [0.15, 0.2) is 5.43 Å². The Bertz CT molecular complexity index is 663. The van der Waals surface area contributed by atoms with E-state index in [-0.39, 0.29) is 17.9 Å². The number of aliphatic hydroxyl groups is 2. The molecule has 1 saturated heterocycles. The molecule has 1 N–H and O–H groups in total. The highest BCUT2D eigenvalue weighted by Gasteiger charge is 2.30. The van der Waals surface area contributed by atoms with Crippen LogP contribution in [0.2, 0.25) is 0 Å². The molecule has 0 aromatic rings. The summed E-state index contributed by atoms with van der Waals surface area (Å²) in [6, 6.07) is 10.4. The van der Waals surface area contributed by atoms with Crippen LogP contribution in [0.25, 0.3) is 11.1 Å². The maximum atomic E-state index is 12.2. The zero-order valence-electron chi connectivity index (χ0n) is 10.9. The summed E-state index contributed by atoms with van der Waals surface area (Å²) in [5.74, 6) is -0.121. The van der Waals surface area contributed by atoms with Crippen molar-refractivity contribution >= 4 is 11.6 Å². The van der Waals surface area contributed by atoms with E-state index in [0.29, 0.717) is 5.69 Å². The van der Waals surface area contributed by atoms with Gasteiger partial charge in [-0.2, -0.15) is 6.07 Å². The van der Waals surface area contributed by atoms with E-state index in [1.807, 2.05) is 18.2 Å². The lowest BCUT2D eigenvalue weighted by Crippen LogP contribution is -2.31. The van der Waals surface area contributed by atoms with E-state index in [0.717, 1.165) is 11.1 Å². The van der Waals surface area contributed by atoms with Gasteiger partial charge in [-0.05, 0) is 12.1 Å². The molecule has 1 atom stereocenters. The summed E-state index contributed by atoms with van der Waals surface area (Å²) in [4.78, 5) is 25.0. The molecular weight excluding hydrogens is 258 g/mol. The molecule has 0 aromatic carbocycles. The Morgan fingerprint density at radius 2 is 2.15 bits per heavy atom. The first-order chi connectivity index (χ1) is 9.69. The normalized spacial score (nSPS) is 18.9. The number of hydrogen-bond acceptors (Lipinski definition) is 3. The summed E-state index contributed by atoms with van der Waals surface area (Å²) in [6.45, 7) is 1.78. The Balaban J connectivity index is 1.94.